The Morgan fingerprint density at radius 3 is 2.50 bits per heavy atom. The van der Waals surface area contributed by atoms with Crippen molar-refractivity contribution < 1.29 is 9.75 Å². The first-order valence-corrected chi connectivity index (χ1v) is 7.74. The Balaban J connectivity index is 2.60. The molecule has 0 spiro atoms. The smallest absolute Gasteiger partial charge is 0.118 e. The first-order chi connectivity index (χ1) is 9.15. The van der Waals surface area contributed by atoms with Crippen LogP contribution in [0.4, 0.5) is 0 Å². The van der Waals surface area contributed by atoms with E-state index in [1.165, 1.54) is 11.1 Å². The number of quaternary nitrogens is 1. The van der Waals surface area contributed by atoms with Crippen LogP contribution in [-0.4, -0.2) is 34.5 Å². The van der Waals surface area contributed by atoms with Gasteiger partial charge in [0, 0.05) is 12.8 Å². The Hall–Kier alpha value is -0.640. The Labute approximate surface area is 124 Å². The van der Waals surface area contributed by atoms with Crippen LogP contribution in [0, 0.1) is 5.21 Å². The van der Waals surface area contributed by atoms with Gasteiger partial charge in [-0.1, -0.05) is 17.2 Å². The summed E-state index contributed by atoms with van der Waals surface area (Å²) in [6.07, 6.45) is 8.11. The van der Waals surface area contributed by atoms with E-state index in [0.717, 1.165) is 25.7 Å². The lowest BCUT2D eigenvalue weighted by Crippen LogP contribution is -2.56. The molecule has 1 rings (SSSR count). The largest absolute Gasteiger partial charge is 0.632 e. The molecule has 1 aliphatic rings. The lowest BCUT2D eigenvalue weighted by molar-refractivity contribution is -0.893. The summed E-state index contributed by atoms with van der Waals surface area (Å²) in [6.45, 7) is 11.0. The molecule has 0 aromatic carbocycles. The van der Waals surface area contributed by atoms with Gasteiger partial charge in [-0.3, -0.25) is 0 Å². The van der Waals surface area contributed by atoms with Crippen LogP contribution in [0.1, 0.15) is 60.3 Å². The molecule has 0 saturated carbocycles. The standard InChI is InChI=1S/C17H31NO2/c1-14(2)8-6-9-15(3)11-13-18(20)12-7-10-16(18)17(4,5)19/h8,11,16,19H,6-7,9-10,12-13H2,1-5H3/b15-11+/t16-,18?/m0/s1. The van der Waals surface area contributed by atoms with E-state index in [1.807, 2.05) is 0 Å². The molecular weight excluding hydrogens is 250 g/mol. The van der Waals surface area contributed by atoms with E-state index in [2.05, 4.69) is 32.9 Å². The minimum Gasteiger partial charge on any atom is -0.632 e. The lowest BCUT2D eigenvalue weighted by atomic mass is 9.96. The maximum atomic E-state index is 12.9. The van der Waals surface area contributed by atoms with Crippen molar-refractivity contribution in [3.63, 3.8) is 0 Å². The zero-order valence-electron chi connectivity index (χ0n) is 13.8. The molecule has 20 heavy (non-hydrogen) atoms. The number of rotatable bonds is 6. The fourth-order valence-electron chi connectivity index (χ4n) is 3.09. The van der Waals surface area contributed by atoms with E-state index < -0.39 is 5.60 Å². The summed E-state index contributed by atoms with van der Waals surface area (Å²) in [4.78, 5) is 0. The summed E-state index contributed by atoms with van der Waals surface area (Å²) < 4.78 is -0.260. The third kappa shape index (κ3) is 5.04. The number of aliphatic hydroxyl groups is 1. The van der Waals surface area contributed by atoms with Gasteiger partial charge in [-0.05, 0) is 53.5 Å². The highest BCUT2D eigenvalue weighted by atomic mass is 16.6. The van der Waals surface area contributed by atoms with Crippen molar-refractivity contribution in [2.45, 2.75) is 71.9 Å². The van der Waals surface area contributed by atoms with Crippen molar-refractivity contribution in [2.75, 3.05) is 13.1 Å². The summed E-state index contributed by atoms with van der Waals surface area (Å²) in [5.74, 6) is 0. The molecule has 1 saturated heterocycles. The monoisotopic (exact) mass is 281 g/mol. The molecule has 1 N–H and O–H groups in total. The summed E-state index contributed by atoms with van der Waals surface area (Å²) in [7, 11) is 0. The topological polar surface area (TPSA) is 43.3 Å². The van der Waals surface area contributed by atoms with Gasteiger partial charge >= 0.3 is 0 Å². The molecule has 116 valence electrons. The highest BCUT2D eigenvalue weighted by Crippen LogP contribution is 2.33. The van der Waals surface area contributed by atoms with Gasteiger partial charge in [0.25, 0.3) is 0 Å². The predicted octanol–water partition coefficient (Wildman–Crippen LogP) is 3.93. The molecule has 0 radical (unpaired) electrons. The maximum absolute atomic E-state index is 12.9. The second kappa shape index (κ2) is 6.88. The first-order valence-electron chi connectivity index (χ1n) is 7.74. The van der Waals surface area contributed by atoms with Gasteiger partial charge in [0.15, 0.2) is 0 Å². The van der Waals surface area contributed by atoms with Crippen LogP contribution < -0.4 is 0 Å². The molecule has 1 heterocycles. The molecule has 0 aliphatic carbocycles. The number of hydrogen-bond acceptors (Lipinski definition) is 2. The Kier molecular flexibility index (Phi) is 5.99. The normalized spacial score (nSPS) is 27.8. The summed E-state index contributed by atoms with van der Waals surface area (Å²) >= 11 is 0. The molecule has 2 atom stereocenters. The van der Waals surface area contributed by atoms with Crippen molar-refractivity contribution in [3.05, 3.63) is 28.5 Å². The molecular formula is C17H31NO2. The van der Waals surface area contributed by atoms with Crippen LogP contribution >= 0.6 is 0 Å². The van der Waals surface area contributed by atoms with Gasteiger partial charge in [0.05, 0.1) is 13.1 Å². The van der Waals surface area contributed by atoms with Gasteiger partial charge in [0.1, 0.15) is 11.6 Å². The zero-order valence-corrected chi connectivity index (χ0v) is 13.8. The van der Waals surface area contributed by atoms with Gasteiger partial charge in [-0.25, -0.2) is 0 Å². The van der Waals surface area contributed by atoms with Gasteiger partial charge in [-0.2, -0.15) is 0 Å². The second-order valence-electron chi connectivity index (χ2n) is 7.04. The van der Waals surface area contributed by atoms with Crippen molar-refractivity contribution in [2.24, 2.45) is 0 Å². The van der Waals surface area contributed by atoms with Gasteiger partial charge < -0.3 is 15.0 Å². The van der Waals surface area contributed by atoms with E-state index in [0.29, 0.717) is 13.1 Å². The Morgan fingerprint density at radius 2 is 1.95 bits per heavy atom. The number of hydroxylamine groups is 3. The van der Waals surface area contributed by atoms with E-state index in [4.69, 9.17) is 0 Å². The number of allylic oxidation sites excluding steroid dienone is 3. The number of likely N-dealkylation sites (tertiary alicyclic amines) is 1. The quantitative estimate of drug-likeness (QED) is 0.455. The Bertz CT molecular complexity index is 375. The average molecular weight is 281 g/mol. The predicted molar refractivity (Wildman–Crippen MR) is 85.1 cm³/mol. The molecule has 1 unspecified atom stereocenters. The zero-order chi connectivity index (χ0) is 15.4. The van der Waals surface area contributed by atoms with Crippen LogP contribution in [0.5, 0.6) is 0 Å². The van der Waals surface area contributed by atoms with Gasteiger partial charge in [-0.15, -0.1) is 0 Å². The summed E-state index contributed by atoms with van der Waals surface area (Å²) in [5, 5.41) is 23.1. The molecule has 0 aromatic rings. The molecule has 0 bridgehead atoms. The van der Waals surface area contributed by atoms with Crippen LogP contribution in [-0.2, 0) is 0 Å². The van der Waals surface area contributed by atoms with E-state index in [-0.39, 0.29) is 10.7 Å². The fraction of sp³-hybridized carbons (Fsp3) is 0.765. The van der Waals surface area contributed by atoms with Crippen LogP contribution in [0.2, 0.25) is 0 Å². The van der Waals surface area contributed by atoms with E-state index >= 15 is 0 Å². The van der Waals surface area contributed by atoms with Crippen LogP contribution in [0.25, 0.3) is 0 Å². The fourth-order valence-corrected chi connectivity index (χ4v) is 3.09. The molecule has 1 fully saturated rings. The van der Waals surface area contributed by atoms with Crippen molar-refractivity contribution >= 4 is 0 Å². The first kappa shape index (κ1) is 17.4. The van der Waals surface area contributed by atoms with Gasteiger partial charge in [0.2, 0.25) is 0 Å². The SMILES string of the molecule is CC(C)=CCC/C(C)=C/C[N+]1([O-])CCC[C@H]1C(C)(C)O. The minimum absolute atomic E-state index is 0.190. The average Bonchev–Trinajstić information content (AvgIpc) is 2.69. The third-order valence-corrected chi connectivity index (χ3v) is 4.24. The highest BCUT2D eigenvalue weighted by Gasteiger charge is 2.43. The van der Waals surface area contributed by atoms with Crippen LogP contribution in [0.3, 0.4) is 0 Å². The molecule has 0 amide bonds. The maximum Gasteiger partial charge on any atom is 0.118 e. The second-order valence-corrected chi connectivity index (χ2v) is 7.04. The summed E-state index contributed by atoms with van der Waals surface area (Å²) in [5.41, 5.74) is 1.73. The third-order valence-electron chi connectivity index (χ3n) is 4.24. The molecule has 1 aliphatic heterocycles. The van der Waals surface area contributed by atoms with Crippen molar-refractivity contribution in [1.82, 2.24) is 0 Å². The summed E-state index contributed by atoms with van der Waals surface area (Å²) in [6, 6.07) is -0.190. The lowest BCUT2D eigenvalue weighted by Gasteiger charge is -2.47. The molecule has 3 heteroatoms. The minimum atomic E-state index is -0.887. The highest BCUT2D eigenvalue weighted by molar-refractivity contribution is 5.02. The van der Waals surface area contributed by atoms with E-state index in [1.54, 1.807) is 13.8 Å². The molecule has 3 nitrogen and oxygen atoms in total. The Morgan fingerprint density at radius 1 is 1.30 bits per heavy atom. The molecule has 0 aromatic heterocycles. The number of nitrogens with zero attached hydrogens (tertiary/aromatic N) is 1. The van der Waals surface area contributed by atoms with Crippen molar-refractivity contribution in [1.29, 1.82) is 0 Å². The van der Waals surface area contributed by atoms with Crippen molar-refractivity contribution in [3.8, 4) is 0 Å². The van der Waals surface area contributed by atoms with E-state index in [9.17, 15) is 10.3 Å². The van der Waals surface area contributed by atoms with Crippen LogP contribution in [0.15, 0.2) is 23.3 Å². The number of hydrogen-bond donors (Lipinski definition) is 1.